The fourth-order valence-corrected chi connectivity index (χ4v) is 3.92. The number of likely N-dealkylation sites (tertiary alicyclic amines) is 1. The molecule has 158 valence electrons. The van der Waals surface area contributed by atoms with Gasteiger partial charge in [0.1, 0.15) is 12.1 Å². The number of fused-ring (bicyclic) bond motifs is 2. The maximum Gasteiger partial charge on any atom is 0.304 e. The second kappa shape index (κ2) is 7.67. The molecule has 4 aromatic heterocycles. The molecule has 1 amide bonds. The van der Waals surface area contributed by atoms with E-state index >= 15 is 0 Å². The number of piperidine rings is 1. The number of nitrogens with one attached hydrogen (secondary N) is 1. The lowest BCUT2D eigenvalue weighted by atomic mass is 10.1. The first-order chi connectivity index (χ1) is 15.1. The molecule has 11 nitrogen and oxygen atoms in total. The molecular formula is C20H21N9O2. The SMILES string of the molecule is CC=CN1CCC[C@@H](n2nc(C(=O)Nc3nc4ncccc4o3)c3c(N)ncnc32)C1. The van der Waals surface area contributed by atoms with Crippen LogP contribution in [0.25, 0.3) is 22.3 Å². The van der Waals surface area contributed by atoms with Gasteiger partial charge in [-0.3, -0.25) is 10.1 Å². The van der Waals surface area contributed by atoms with Crippen molar-refractivity contribution in [2.75, 3.05) is 24.1 Å². The molecule has 1 aliphatic heterocycles. The summed E-state index contributed by atoms with van der Waals surface area (Å²) in [7, 11) is 0. The average Bonchev–Trinajstić information content (AvgIpc) is 3.36. The number of amides is 1. The van der Waals surface area contributed by atoms with Gasteiger partial charge in [0.05, 0.1) is 11.4 Å². The Morgan fingerprint density at radius 2 is 2.26 bits per heavy atom. The van der Waals surface area contributed by atoms with Gasteiger partial charge in [0.15, 0.2) is 16.9 Å². The molecule has 0 aromatic carbocycles. The molecule has 0 bridgehead atoms. The Morgan fingerprint density at radius 3 is 3.10 bits per heavy atom. The van der Waals surface area contributed by atoms with E-state index in [1.807, 2.05) is 13.0 Å². The van der Waals surface area contributed by atoms with Crippen molar-refractivity contribution < 1.29 is 9.21 Å². The molecule has 31 heavy (non-hydrogen) atoms. The van der Waals surface area contributed by atoms with E-state index in [2.05, 4.69) is 41.5 Å². The van der Waals surface area contributed by atoms with E-state index in [1.54, 1.807) is 23.0 Å². The van der Waals surface area contributed by atoms with Crippen LogP contribution in [0.5, 0.6) is 0 Å². The zero-order valence-corrected chi connectivity index (χ0v) is 16.9. The van der Waals surface area contributed by atoms with Gasteiger partial charge in [0.25, 0.3) is 5.91 Å². The van der Waals surface area contributed by atoms with Gasteiger partial charge in [0.2, 0.25) is 5.65 Å². The van der Waals surface area contributed by atoms with Gasteiger partial charge < -0.3 is 15.1 Å². The predicted octanol–water partition coefficient (Wildman–Crippen LogP) is 2.37. The Balaban J connectivity index is 1.51. The third-order valence-corrected chi connectivity index (χ3v) is 5.25. The maximum absolute atomic E-state index is 13.1. The summed E-state index contributed by atoms with van der Waals surface area (Å²) in [5.74, 6) is -0.306. The smallest absolute Gasteiger partial charge is 0.304 e. The molecule has 0 unspecified atom stereocenters. The summed E-state index contributed by atoms with van der Waals surface area (Å²) in [6.45, 7) is 3.74. The highest BCUT2D eigenvalue weighted by molar-refractivity contribution is 6.12. The number of nitrogen functional groups attached to an aromatic ring is 1. The normalized spacial score (nSPS) is 17.1. The Labute approximate surface area is 177 Å². The quantitative estimate of drug-likeness (QED) is 0.510. The highest BCUT2D eigenvalue weighted by atomic mass is 16.4. The number of nitrogens with zero attached hydrogens (tertiary/aromatic N) is 7. The minimum atomic E-state index is -0.502. The molecule has 1 fully saturated rings. The number of carbonyl (C=O) groups excluding carboxylic acids is 1. The molecule has 5 heterocycles. The van der Waals surface area contributed by atoms with Crippen molar-refractivity contribution in [1.82, 2.24) is 34.6 Å². The molecule has 1 atom stereocenters. The van der Waals surface area contributed by atoms with Crippen LogP contribution in [-0.2, 0) is 0 Å². The Hall–Kier alpha value is -4.02. The average molecular weight is 419 g/mol. The predicted molar refractivity (Wildman–Crippen MR) is 114 cm³/mol. The third-order valence-electron chi connectivity index (χ3n) is 5.25. The highest BCUT2D eigenvalue weighted by Crippen LogP contribution is 2.29. The van der Waals surface area contributed by atoms with Gasteiger partial charge in [-0.25, -0.2) is 19.6 Å². The van der Waals surface area contributed by atoms with E-state index in [0.717, 1.165) is 25.9 Å². The first kappa shape index (κ1) is 19.0. The number of nitrogens with two attached hydrogens (primary N) is 1. The van der Waals surface area contributed by atoms with Gasteiger partial charge in [-0.2, -0.15) is 10.1 Å². The van der Waals surface area contributed by atoms with Crippen molar-refractivity contribution in [3.8, 4) is 0 Å². The Morgan fingerprint density at radius 1 is 1.35 bits per heavy atom. The molecule has 0 saturated carbocycles. The second-order valence-electron chi connectivity index (χ2n) is 7.32. The molecule has 0 radical (unpaired) electrons. The van der Waals surface area contributed by atoms with E-state index < -0.39 is 5.91 Å². The summed E-state index contributed by atoms with van der Waals surface area (Å²) in [5.41, 5.74) is 7.65. The molecule has 4 aromatic rings. The third kappa shape index (κ3) is 3.43. The highest BCUT2D eigenvalue weighted by Gasteiger charge is 2.28. The number of hydrogen-bond acceptors (Lipinski definition) is 9. The second-order valence-corrected chi connectivity index (χ2v) is 7.32. The van der Waals surface area contributed by atoms with Crippen LogP contribution in [0.2, 0.25) is 0 Å². The van der Waals surface area contributed by atoms with Crippen molar-refractivity contribution >= 4 is 40.0 Å². The zero-order valence-electron chi connectivity index (χ0n) is 16.9. The summed E-state index contributed by atoms with van der Waals surface area (Å²) >= 11 is 0. The summed E-state index contributed by atoms with van der Waals surface area (Å²) in [6.07, 6.45) is 9.00. The first-order valence-electron chi connectivity index (χ1n) is 10.0. The molecule has 0 aliphatic carbocycles. The maximum atomic E-state index is 13.1. The fourth-order valence-electron chi connectivity index (χ4n) is 3.92. The number of hydrogen-bond donors (Lipinski definition) is 2. The number of rotatable bonds is 4. The van der Waals surface area contributed by atoms with Crippen molar-refractivity contribution in [3.05, 3.63) is 42.6 Å². The summed E-state index contributed by atoms with van der Waals surface area (Å²) < 4.78 is 7.33. The minimum absolute atomic E-state index is 0.0359. The monoisotopic (exact) mass is 419 g/mol. The van der Waals surface area contributed by atoms with Crippen molar-refractivity contribution in [1.29, 1.82) is 0 Å². The summed E-state index contributed by atoms with van der Waals surface area (Å²) in [4.78, 5) is 32.0. The molecule has 1 saturated heterocycles. The number of pyridine rings is 1. The van der Waals surface area contributed by atoms with Crippen LogP contribution in [0.15, 0.2) is 41.4 Å². The molecule has 5 rings (SSSR count). The lowest BCUT2D eigenvalue weighted by Crippen LogP contribution is -2.33. The largest absolute Gasteiger partial charge is 0.421 e. The topological polar surface area (TPSA) is 141 Å². The summed E-state index contributed by atoms with van der Waals surface area (Å²) in [6, 6.07) is 3.54. The molecule has 1 aliphatic rings. The van der Waals surface area contributed by atoms with Gasteiger partial charge in [0, 0.05) is 19.3 Å². The van der Waals surface area contributed by atoms with Gasteiger partial charge in [-0.15, -0.1) is 0 Å². The van der Waals surface area contributed by atoms with Crippen LogP contribution in [0.4, 0.5) is 11.8 Å². The molecule has 3 N–H and O–H groups in total. The Kier molecular flexibility index (Phi) is 4.69. The van der Waals surface area contributed by atoms with Crippen LogP contribution >= 0.6 is 0 Å². The van der Waals surface area contributed by atoms with Crippen LogP contribution in [0, 0.1) is 0 Å². The lowest BCUT2D eigenvalue weighted by Gasteiger charge is -2.32. The van der Waals surface area contributed by atoms with E-state index in [1.165, 1.54) is 6.33 Å². The van der Waals surface area contributed by atoms with E-state index in [-0.39, 0.29) is 23.6 Å². The van der Waals surface area contributed by atoms with Crippen LogP contribution < -0.4 is 11.1 Å². The molecule has 11 heteroatoms. The van der Waals surface area contributed by atoms with Crippen molar-refractivity contribution in [2.24, 2.45) is 0 Å². The van der Waals surface area contributed by atoms with Crippen molar-refractivity contribution in [2.45, 2.75) is 25.8 Å². The summed E-state index contributed by atoms with van der Waals surface area (Å²) in [5, 5.41) is 7.67. The number of anilines is 2. The lowest BCUT2D eigenvalue weighted by molar-refractivity contribution is 0.101. The Bertz CT molecular complexity index is 1260. The number of oxazole rings is 1. The minimum Gasteiger partial charge on any atom is -0.421 e. The van der Waals surface area contributed by atoms with Crippen LogP contribution in [0.3, 0.4) is 0 Å². The van der Waals surface area contributed by atoms with Gasteiger partial charge >= 0.3 is 6.01 Å². The van der Waals surface area contributed by atoms with Crippen molar-refractivity contribution in [3.63, 3.8) is 0 Å². The fraction of sp³-hybridized carbons (Fsp3) is 0.300. The molecular weight excluding hydrogens is 398 g/mol. The first-order valence-corrected chi connectivity index (χ1v) is 10.0. The van der Waals surface area contributed by atoms with E-state index in [9.17, 15) is 4.79 Å². The van der Waals surface area contributed by atoms with Gasteiger partial charge in [-0.1, -0.05) is 6.08 Å². The van der Waals surface area contributed by atoms with E-state index in [4.69, 9.17) is 10.2 Å². The molecule has 0 spiro atoms. The number of carbonyl (C=O) groups is 1. The van der Waals surface area contributed by atoms with E-state index in [0.29, 0.717) is 22.3 Å². The number of allylic oxidation sites excluding steroid dienone is 1. The van der Waals surface area contributed by atoms with Crippen LogP contribution in [0.1, 0.15) is 36.3 Å². The van der Waals surface area contributed by atoms with Gasteiger partial charge in [-0.05, 0) is 38.1 Å². The number of aromatic nitrogens is 6. The standard InChI is InChI=1S/C20H21N9O2/c1-2-8-28-9-4-5-12(10-28)29-18-14(16(21)23-11-24-18)15(27-29)19(30)26-20-25-17-13(31-20)6-3-7-22-17/h2-3,6-8,11-12H,4-5,9-10H2,1H3,(H2,21,23,24)(H,22,25,26,30)/t12-/m1/s1. The van der Waals surface area contributed by atoms with Crippen LogP contribution in [-0.4, -0.2) is 53.6 Å². The zero-order chi connectivity index (χ0) is 21.4.